The number of ether oxygens (including phenoxy) is 2. The van der Waals surface area contributed by atoms with Gasteiger partial charge in [0.1, 0.15) is 0 Å². The van der Waals surface area contributed by atoms with E-state index >= 15 is 0 Å². The summed E-state index contributed by atoms with van der Waals surface area (Å²) in [5, 5.41) is 1.33. The Bertz CT molecular complexity index is 190. The SMILES string of the molecule is COC1=CN(N)C(OC)N=C1. The summed E-state index contributed by atoms with van der Waals surface area (Å²) in [6.07, 6.45) is 2.74. The molecule has 1 unspecified atom stereocenters. The molecule has 0 aromatic heterocycles. The highest BCUT2D eigenvalue weighted by atomic mass is 16.5. The van der Waals surface area contributed by atoms with Crippen LogP contribution >= 0.6 is 0 Å². The molecule has 62 valence electrons. The van der Waals surface area contributed by atoms with Crippen LogP contribution in [0.4, 0.5) is 0 Å². The Kier molecular flexibility index (Phi) is 2.45. The predicted octanol–water partition coefficient (Wildman–Crippen LogP) is -0.336. The number of hydrogen-bond donors (Lipinski definition) is 1. The first-order valence-electron chi connectivity index (χ1n) is 3.12. The number of nitrogens with two attached hydrogens (primary N) is 1. The van der Waals surface area contributed by atoms with Crippen molar-refractivity contribution in [1.82, 2.24) is 5.01 Å². The van der Waals surface area contributed by atoms with Gasteiger partial charge in [0.2, 0.25) is 6.35 Å². The molecule has 1 heterocycles. The van der Waals surface area contributed by atoms with E-state index in [-0.39, 0.29) is 0 Å². The van der Waals surface area contributed by atoms with Gasteiger partial charge in [0.15, 0.2) is 5.76 Å². The van der Waals surface area contributed by atoms with E-state index in [0.717, 1.165) is 0 Å². The summed E-state index contributed by atoms with van der Waals surface area (Å²) in [6.45, 7) is 0. The van der Waals surface area contributed by atoms with Crippen molar-refractivity contribution in [1.29, 1.82) is 0 Å². The van der Waals surface area contributed by atoms with Gasteiger partial charge in [-0.1, -0.05) is 0 Å². The summed E-state index contributed by atoms with van der Waals surface area (Å²) in [5.41, 5.74) is 0. The Morgan fingerprint density at radius 2 is 2.36 bits per heavy atom. The molecule has 0 saturated carbocycles. The highest BCUT2D eigenvalue weighted by molar-refractivity contribution is 5.76. The number of methoxy groups -OCH3 is 2. The zero-order valence-electron chi connectivity index (χ0n) is 6.52. The first-order chi connectivity index (χ1) is 5.27. The fraction of sp³-hybridized carbons (Fsp3) is 0.500. The topological polar surface area (TPSA) is 60.1 Å². The quantitative estimate of drug-likeness (QED) is 0.557. The lowest BCUT2D eigenvalue weighted by atomic mass is 10.5. The average Bonchev–Trinajstić information content (AvgIpc) is 2.04. The summed E-state index contributed by atoms with van der Waals surface area (Å²) in [6, 6.07) is 0. The molecular formula is C6H11N3O2. The standard InChI is InChI=1S/C6H11N3O2/c1-10-5-3-8-6(11-2)9(7)4-5/h3-4,6H,7H2,1-2H3. The van der Waals surface area contributed by atoms with Gasteiger partial charge < -0.3 is 9.47 Å². The van der Waals surface area contributed by atoms with E-state index in [1.807, 2.05) is 0 Å². The molecule has 1 rings (SSSR count). The van der Waals surface area contributed by atoms with Gasteiger partial charge in [-0.15, -0.1) is 0 Å². The summed E-state index contributed by atoms with van der Waals surface area (Å²) < 4.78 is 9.79. The van der Waals surface area contributed by atoms with Gasteiger partial charge in [-0.25, -0.2) is 10.8 Å². The van der Waals surface area contributed by atoms with Crippen molar-refractivity contribution in [3.63, 3.8) is 0 Å². The number of aliphatic imine (C=N–C) groups is 1. The summed E-state index contributed by atoms with van der Waals surface area (Å²) in [5.74, 6) is 6.11. The second-order valence-electron chi connectivity index (χ2n) is 2.02. The Morgan fingerprint density at radius 1 is 1.64 bits per heavy atom. The van der Waals surface area contributed by atoms with Crippen molar-refractivity contribution in [2.75, 3.05) is 14.2 Å². The van der Waals surface area contributed by atoms with E-state index in [1.165, 1.54) is 12.1 Å². The average molecular weight is 157 g/mol. The number of rotatable bonds is 2. The summed E-state index contributed by atoms with van der Waals surface area (Å²) in [7, 11) is 3.09. The highest BCUT2D eigenvalue weighted by Gasteiger charge is 2.13. The van der Waals surface area contributed by atoms with Crippen molar-refractivity contribution in [3.8, 4) is 0 Å². The van der Waals surface area contributed by atoms with Crippen LogP contribution in [0.2, 0.25) is 0 Å². The van der Waals surface area contributed by atoms with E-state index in [0.29, 0.717) is 5.76 Å². The van der Waals surface area contributed by atoms with Crippen LogP contribution in [0.5, 0.6) is 0 Å². The number of hydrazine groups is 1. The molecule has 0 aromatic rings. The van der Waals surface area contributed by atoms with Crippen molar-refractivity contribution < 1.29 is 9.47 Å². The van der Waals surface area contributed by atoms with Gasteiger partial charge in [-0.2, -0.15) is 0 Å². The van der Waals surface area contributed by atoms with Crippen molar-refractivity contribution in [2.24, 2.45) is 10.8 Å². The van der Waals surface area contributed by atoms with Crippen LogP contribution in [-0.2, 0) is 9.47 Å². The maximum absolute atomic E-state index is 5.49. The highest BCUT2D eigenvalue weighted by Crippen LogP contribution is 2.06. The van der Waals surface area contributed by atoms with Crippen molar-refractivity contribution in [2.45, 2.75) is 6.35 Å². The molecule has 0 fully saturated rings. The molecule has 1 atom stereocenters. The van der Waals surface area contributed by atoms with Gasteiger partial charge in [0.05, 0.1) is 19.5 Å². The smallest absolute Gasteiger partial charge is 0.240 e. The summed E-state index contributed by atoms with van der Waals surface area (Å²) in [4.78, 5) is 3.94. The number of hydrogen-bond acceptors (Lipinski definition) is 5. The van der Waals surface area contributed by atoms with Crippen LogP contribution < -0.4 is 5.84 Å². The fourth-order valence-corrected chi connectivity index (χ4v) is 0.746. The minimum Gasteiger partial charge on any atom is -0.494 e. The van der Waals surface area contributed by atoms with E-state index in [2.05, 4.69) is 4.99 Å². The van der Waals surface area contributed by atoms with Gasteiger partial charge >= 0.3 is 0 Å². The van der Waals surface area contributed by atoms with Crippen LogP contribution in [0.15, 0.2) is 17.0 Å². The van der Waals surface area contributed by atoms with Crippen LogP contribution in [-0.4, -0.2) is 31.8 Å². The van der Waals surface area contributed by atoms with Crippen LogP contribution in [0.1, 0.15) is 0 Å². The van der Waals surface area contributed by atoms with Gasteiger partial charge in [-0.3, -0.25) is 5.01 Å². The Hall–Kier alpha value is -1.07. The molecule has 0 saturated heterocycles. The Morgan fingerprint density at radius 3 is 2.82 bits per heavy atom. The lowest BCUT2D eigenvalue weighted by molar-refractivity contribution is -0.00277. The second-order valence-corrected chi connectivity index (χ2v) is 2.02. The van der Waals surface area contributed by atoms with E-state index < -0.39 is 6.35 Å². The minimum atomic E-state index is -0.436. The van der Waals surface area contributed by atoms with Crippen LogP contribution in [0.3, 0.4) is 0 Å². The lowest BCUT2D eigenvalue weighted by Crippen LogP contribution is -2.39. The monoisotopic (exact) mass is 157 g/mol. The largest absolute Gasteiger partial charge is 0.494 e. The lowest BCUT2D eigenvalue weighted by Gasteiger charge is -2.24. The third-order valence-corrected chi connectivity index (χ3v) is 1.31. The van der Waals surface area contributed by atoms with Gasteiger partial charge in [-0.05, 0) is 0 Å². The molecule has 0 bridgehead atoms. The third-order valence-electron chi connectivity index (χ3n) is 1.31. The summed E-state index contributed by atoms with van der Waals surface area (Å²) >= 11 is 0. The van der Waals surface area contributed by atoms with E-state index in [4.69, 9.17) is 15.3 Å². The van der Waals surface area contributed by atoms with Gasteiger partial charge in [0, 0.05) is 7.11 Å². The zero-order chi connectivity index (χ0) is 8.27. The predicted molar refractivity (Wildman–Crippen MR) is 40.4 cm³/mol. The molecule has 0 radical (unpaired) electrons. The molecule has 2 N–H and O–H groups in total. The fourth-order valence-electron chi connectivity index (χ4n) is 0.746. The zero-order valence-corrected chi connectivity index (χ0v) is 6.52. The molecule has 0 aromatic carbocycles. The molecule has 1 aliphatic rings. The molecule has 0 spiro atoms. The molecular weight excluding hydrogens is 146 g/mol. The first kappa shape index (κ1) is 8.03. The van der Waals surface area contributed by atoms with Crippen molar-refractivity contribution >= 4 is 6.21 Å². The normalized spacial score (nSPS) is 23.4. The molecule has 0 aliphatic carbocycles. The maximum atomic E-state index is 5.49. The molecule has 1 aliphatic heterocycles. The van der Waals surface area contributed by atoms with Gasteiger partial charge in [0.25, 0.3) is 0 Å². The van der Waals surface area contributed by atoms with E-state index in [1.54, 1.807) is 19.5 Å². The molecule has 0 amide bonds. The van der Waals surface area contributed by atoms with Crippen molar-refractivity contribution in [3.05, 3.63) is 12.0 Å². The minimum absolute atomic E-state index is 0.436. The molecule has 11 heavy (non-hydrogen) atoms. The number of nitrogens with zero attached hydrogens (tertiary/aromatic N) is 2. The van der Waals surface area contributed by atoms with Crippen LogP contribution in [0, 0.1) is 0 Å². The third kappa shape index (κ3) is 1.69. The Labute approximate surface area is 65.1 Å². The Balaban J connectivity index is 2.63. The first-order valence-corrected chi connectivity index (χ1v) is 3.12. The van der Waals surface area contributed by atoms with E-state index in [9.17, 15) is 0 Å². The van der Waals surface area contributed by atoms with Crippen LogP contribution in [0.25, 0.3) is 0 Å². The molecule has 5 heteroatoms. The second kappa shape index (κ2) is 3.36. The number of allylic oxidation sites excluding steroid dienone is 1. The molecule has 5 nitrogen and oxygen atoms in total. The maximum Gasteiger partial charge on any atom is 0.240 e.